The maximum Gasteiger partial charge on any atom is 0.227 e. The zero-order valence-corrected chi connectivity index (χ0v) is 14.6. The second-order valence-corrected chi connectivity index (χ2v) is 6.46. The normalized spacial score (nSPS) is 14.9. The first-order valence-corrected chi connectivity index (χ1v) is 8.81. The molecule has 138 valence electrons. The van der Waals surface area contributed by atoms with Crippen molar-refractivity contribution in [2.24, 2.45) is 5.92 Å². The first-order valence-electron chi connectivity index (χ1n) is 8.81. The Morgan fingerprint density at radius 2 is 1.85 bits per heavy atom. The number of carbonyl (C=O) groups excluding carboxylic acids is 1. The van der Waals surface area contributed by atoms with Gasteiger partial charge in [0.25, 0.3) is 0 Å². The van der Waals surface area contributed by atoms with Gasteiger partial charge >= 0.3 is 0 Å². The van der Waals surface area contributed by atoms with Gasteiger partial charge in [0.2, 0.25) is 5.91 Å². The fourth-order valence-electron chi connectivity index (χ4n) is 3.19. The Morgan fingerprint density at radius 3 is 2.56 bits per heavy atom. The standard InChI is InChI=1S/C19H19FN6O/c20-15-1-3-16(4-2-15)24-19(27)14-5-8-25(9-6-14)17-11-18(23-12-22-17)26-10-7-21-13-26/h1-4,7,10-14H,5-6,8-9H2,(H,24,27). The Hall–Kier alpha value is -3.29. The van der Waals surface area contributed by atoms with Gasteiger partial charge in [-0.3, -0.25) is 9.36 Å². The second-order valence-electron chi connectivity index (χ2n) is 6.46. The van der Waals surface area contributed by atoms with Crippen molar-refractivity contribution in [3.63, 3.8) is 0 Å². The molecule has 1 amide bonds. The SMILES string of the molecule is O=C(Nc1ccc(F)cc1)C1CCN(c2cc(-n3ccnc3)ncn2)CC1. The van der Waals surface area contributed by atoms with E-state index >= 15 is 0 Å². The number of piperidine rings is 1. The Morgan fingerprint density at radius 1 is 1.11 bits per heavy atom. The number of halogens is 1. The van der Waals surface area contributed by atoms with Crippen molar-refractivity contribution < 1.29 is 9.18 Å². The minimum Gasteiger partial charge on any atom is -0.356 e. The van der Waals surface area contributed by atoms with E-state index in [4.69, 9.17) is 0 Å². The predicted molar refractivity (Wildman–Crippen MR) is 99.1 cm³/mol. The van der Waals surface area contributed by atoms with Crippen molar-refractivity contribution in [1.29, 1.82) is 0 Å². The number of hydrogen-bond acceptors (Lipinski definition) is 5. The van der Waals surface area contributed by atoms with E-state index in [1.165, 1.54) is 18.5 Å². The molecule has 8 heteroatoms. The van der Waals surface area contributed by atoms with Crippen LogP contribution in [0.4, 0.5) is 15.9 Å². The van der Waals surface area contributed by atoms with Gasteiger partial charge in [0.1, 0.15) is 30.1 Å². The van der Waals surface area contributed by atoms with Crippen molar-refractivity contribution in [3.8, 4) is 5.82 Å². The third kappa shape index (κ3) is 3.94. The van der Waals surface area contributed by atoms with Gasteiger partial charge in [-0.25, -0.2) is 19.3 Å². The summed E-state index contributed by atoms with van der Waals surface area (Å²) in [7, 11) is 0. The van der Waals surface area contributed by atoms with Gasteiger partial charge in [-0.15, -0.1) is 0 Å². The molecule has 0 unspecified atom stereocenters. The second kappa shape index (κ2) is 7.53. The van der Waals surface area contributed by atoms with E-state index in [2.05, 4.69) is 25.2 Å². The van der Waals surface area contributed by atoms with E-state index in [-0.39, 0.29) is 17.6 Å². The van der Waals surface area contributed by atoms with Crippen LogP contribution in [0.2, 0.25) is 0 Å². The number of aromatic nitrogens is 4. The van der Waals surface area contributed by atoms with E-state index in [0.717, 1.165) is 37.6 Å². The van der Waals surface area contributed by atoms with Crippen LogP contribution in [0.1, 0.15) is 12.8 Å². The van der Waals surface area contributed by atoms with Gasteiger partial charge in [-0.2, -0.15) is 0 Å². The van der Waals surface area contributed by atoms with Crippen molar-refractivity contribution in [3.05, 3.63) is 61.2 Å². The molecule has 27 heavy (non-hydrogen) atoms. The van der Waals surface area contributed by atoms with Crippen LogP contribution in [0.5, 0.6) is 0 Å². The molecular weight excluding hydrogens is 347 g/mol. The summed E-state index contributed by atoms with van der Waals surface area (Å²) in [6, 6.07) is 7.73. The molecule has 0 spiro atoms. The number of carbonyl (C=O) groups is 1. The predicted octanol–water partition coefficient (Wildman–Crippen LogP) is 2.66. The van der Waals surface area contributed by atoms with Crippen molar-refractivity contribution in [2.75, 3.05) is 23.3 Å². The van der Waals surface area contributed by atoms with Gasteiger partial charge in [-0.05, 0) is 37.1 Å². The molecule has 0 atom stereocenters. The van der Waals surface area contributed by atoms with E-state index in [1.54, 1.807) is 24.7 Å². The van der Waals surface area contributed by atoms with Crippen LogP contribution in [0.3, 0.4) is 0 Å². The topological polar surface area (TPSA) is 75.9 Å². The highest BCUT2D eigenvalue weighted by Gasteiger charge is 2.26. The highest BCUT2D eigenvalue weighted by Crippen LogP contribution is 2.24. The average Bonchev–Trinajstić information content (AvgIpc) is 3.25. The lowest BCUT2D eigenvalue weighted by Gasteiger charge is -2.32. The first kappa shape index (κ1) is 17.1. The summed E-state index contributed by atoms with van der Waals surface area (Å²) >= 11 is 0. The Labute approximate surface area is 155 Å². The molecule has 0 bridgehead atoms. The molecular formula is C19H19FN6O. The molecule has 3 heterocycles. The van der Waals surface area contributed by atoms with Crippen molar-refractivity contribution in [2.45, 2.75) is 12.8 Å². The largest absolute Gasteiger partial charge is 0.356 e. The van der Waals surface area contributed by atoms with Crippen LogP contribution < -0.4 is 10.2 Å². The smallest absolute Gasteiger partial charge is 0.227 e. The molecule has 4 rings (SSSR count). The number of rotatable bonds is 4. The molecule has 0 aliphatic carbocycles. The number of imidazole rings is 1. The van der Waals surface area contributed by atoms with Crippen LogP contribution in [-0.2, 0) is 4.79 Å². The van der Waals surface area contributed by atoms with Crippen LogP contribution in [-0.4, -0.2) is 38.5 Å². The van der Waals surface area contributed by atoms with Gasteiger partial charge in [0.05, 0.1) is 0 Å². The highest BCUT2D eigenvalue weighted by molar-refractivity contribution is 5.92. The Bertz CT molecular complexity index is 904. The molecule has 1 aliphatic heterocycles. The highest BCUT2D eigenvalue weighted by atomic mass is 19.1. The lowest BCUT2D eigenvalue weighted by Crippen LogP contribution is -2.38. The molecule has 0 radical (unpaired) electrons. The maximum absolute atomic E-state index is 13.0. The average molecular weight is 366 g/mol. The van der Waals surface area contributed by atoms with E-state index < -0.39 is 0 Å². The number of hydrogen-bond donors (Lipinski definition) is 1. The fraction of sp³-hybridized carbons (Fsp3) is 0.263. The molecule has 1 saturated heterocycles. The third-order valence-electron chi connectivity index (χ3n) is 4.71. The van der Waals surface area contributed by atoms with Crippen LogP contribution in [0.15, 0.2) is 55.4 Å². The molecule has 0 saturated carbocycles. The molecule has 1 aromatic carbocycles. The zero-order valence-electron chi connectivity index (χ0n) is 14.6. The summed E-state index contributed by atoms with van der Waals surface area (Å²) in [5.74, 6) is 1.19. The monoisotopic (exact) mass is 366 g/mol. The first-order chi connectivity index (χ1) is 13.2. The molecule has 3 aromatic rings. The quantitative estimate of drug-likeness (QED) is 0.768. The molecule has 7 nitrogen and oxygen atoms in total. The zero-order chi connectivity index (χ0) is 18.6. The minimum absolute atomic E-state index is 0.0250. The lowest BCUT2D eigenvalue weighted by molar-refractivity contribution is -0.120. The minimum atomic E-state index is -0.318. The molecule has 1 N–H and O–H groups in total. The molecule has 1 fully saturated rings. The van der Waals surface area contributed by atoms with Crippen molar-refractivity contribution >= 4 is 17.4 Å². The summed E-state index contributed by atoms with van der Waals surface area (Å²) in [6.45, 7) is 1.48. The molecule has 2 aromatic heterocycles. The van der Waals surface area contributed by atoms with Gasteiger partial charge in [0, 0.05) is 43.2 Å². The number of nitrogens with zero attached hydrogens (tertiary/aromatic N) is 5. The summed E-state index contributed by atoms with van der Waals surface area (Å²) in [5.41, 5.74) is 0.615. The fourth-order valence-corrected chi connectivity index (χ4v) is 3.19. The van der Waals surface area contributed by atoms with E-state index in [9.17, 15) is 9.18 Å². The van der Waals surface area contributed by atoms with Crippen LogP contribution >= 0.6 is 0 Å². The number of anilines is 2. The van der Waals surface area contributed by atoms with Crippen LogP contribution in [0, 0.1) is 11.7 Å². The maximum atomic E-state index is 13.0. The number of amides is 1. The van der Waals surface area contributed by atoms with Crippen LogP contribution in [0.25, 0.3) is 5.82 Å². The Kier molecular flexibility index (Phi) is 4.78. The van der Waals surface area contributed by atoms with E-state index in [0.29, 0.717) is 5.69 Å². The van der Waals surface area contributed by atoms with Crippen molar-refractivity contribution in [1.82, 2.24) is 19.5 Å². The van der Waals surface area contributed by atoms with Gasteiger partial charge < -0.3 is 10.2 Å². The third-order valence-corrected chi connectivity index (χ3v) is 4.71. The number of nitrogens with one attached hydrogen (secondary N) is 1. The summed E-state index contributed by atoms with van der Waals surface area (Å²) in [4.78, 5) is 27.3. The Balaban J connectivity index is 1.37. The molecule has 1 aliphatic rings. The summed E-state index contributed by atoms with van der Waals surface area (Å²) in [5, 5.41) is 2.86. The van der Waals surface area contributed by atoms with E-state index in [1.807, 2.05) is 16.8 Å². The lowest BCUT2D eigenvalue weighted by atomic mass is 9.96. The summed E-state index contributed by atoms with van der Waals surface area (Å²) in [6.07, 6.45) is 8.23. The van der Waals surface area contributed by atoms with Gasteiger partial charge in [0.15, 0.2) is 0 Å². The van der Waals surface area contributed by atoms with Gasteiger partial charge in [-0.1, -0.05) is 0 Å². The summed E-state index contributed by atoms with van der Waals surface area (Å²) < 4.78 is 14.8. The number of benzene rings is 1.